The second kappa shape index (κ2) is 10.2. The van der Waals surface area contributed by atoms with Gasteiger partial charge < -0.3 is 25.1 Å². The van der Waals surface area contributed by atoms with Gasteiger partial charge in [-0.25, -0.2) is 9.18 Å². The van der Waals surface area contributed by atoms with Gasteiger partial charge in [0.1, 0.15) is 12.6 Å². The first kappa shape index (κ1) is 22.4. The van der Waals surface area contributed by atoms with Crippen LogP contribution in [0.25, 0.3) is 0 Å². The predicted octanol–water partition coefficient (Wildman–Crippen LogP) is 2.35. The van der Waals surface area contributed by atoms with E-state index in [0.29, 0.717) is 15.8 Å². The van der Waals surface area contributed by atoms with Crippen LogP contribution < -0.4 is 15.3 Å². The van der Waals surface area contributed by atoms with E-state index in [1.165, 1.54) is 17.0 Å². The minimum Gasteiger partial charge on any atom is -0.629 e. The highest BCUT2D eigenvalue weighted by Crippen LogP contribution is 2.25. The summed E-state index contributed by atoms with van der Waals surface area (Å²) in [5.41, 5.74) is 0.224. The monoisotopic (exact) mass is 457 g/mol. The lowest BCUT2D eigenvalue weighted by molar-refractivity contribution is -0.778. The third kappa shape index (κ3) is 5.46. The molecule has 162 valence electrons. The van der Waals surface area contributed by atoms with Gasteiger partial charge in [0, 0.05) is 18.7 Å². The highest BCUT2D eigenvalue weighted by atomic mass is 35.5. The molecular weight excluding hydrogens is 437 g/mol. The molecule has 0 bridgehead atoms. The van der Waals surface area contributed by atoms with Gasteiger partial charge in [0.15, 0.2) is 11.5 Å². The van der Waals surface area contributed by atoms with E-state index in [1.54, 1.807) is 12.1 Å². The first-order valence-corrected chi connectivity index (χ1v) is 10.5. The van der Waals surface area contributed by atoms with Crippen molar-refractivity contribution >= 4 is 46.3 Å². The van der Waals surface area contributed by atoms with Gasteiger partial charge in [-0.3, -0.25) is 9.69 Å². The quantitative estimate of drug-likeness (QED) is 0.445. The Labute approximate surface area is 181 Å². The predicted molar refractivity (Wildman–Crippen MR) is 111 cm³/mol. The number of amides is 2. The van der Waals surface area contributed by atoms with E-state index < -0.39 is 18.0 Å². The number of nitrogens with one attached hydrogen (secondary N) is 2. The van der Waals surface area contributed by atoms with Crippen molar-refractivity contribution in [2.45, 2.75) is 13.0 Å². The number of nitrogens with zero attached hydrogens (tertiary/aromatic N) is 1. The van der Waals surface area contributed by atoms with Gasteiger partial charge >= 0.3 is 6.09 Å². The number of hydrogen-bond donors (Lipinski definition) is 2. The van der Waals surface area contributed by atoms with Crippen molar-refractivity contribution in [3.63, 3.8) is 0 Å². The Morgan fingerprint density at radius 3 is 2.93 bits per heavy atom. The average molecular weight is 458 g/mol. The molecule has 1 fully saturated rings. The molecule has 3 rings (SSSR count). The van der Waals surface area contributed by atoms with Crippen LogP contribution in [0, 0.1) is 11.0 Å². The van der Waals surface area contributed by atoms with Gasteiger partial charge in [-0.1, -0.05) is 11.6 Å². The minimum atomic E-state index is -0.715. The first-order chi connectivity index (χ1) is 14.4. The molecule has 2 aromatic rings. The summed E-state index contributed by atoms with van der Waals surface area (Å²) in [7, 11) is 0. The number of hydrogen-bond acceptors (Lipinski definition) is 6. The molecule has 8 nitrogen and oxygen atoms in total. The van der Waals surface area contributed by atoms with Crippen molar-refractivity contribution in [2.24, 2.45) is 0 Å². The van der Waals surface area contributed by atoms with Crippen molar-refractivity contribution in [1.82, 2.24) is 5.32 Å². The molecule has 0 aliphatic carbocycles. The summed E-state index contributed by atoms with van der Waals surface area (Å²) in [6, 6.07) is 7.20. The van der Waals surface area contributed by atoms with E-state index >= 15 is 0 Å². The molecule has 2 N–H and O–H groups in total. The van der Waals surface area contributed by atoms with Crippen LogP contribution in [0.5, 0.6) is 0 Å². The van der Waals surface area contributed by atoms with Crippen LogP contribution in [0.1, 0.15) is 16.6 Å². The van der Waals surface area contributed by atoms with Crippen LogP contribution in [-0.4, -0.2) is 51.0 Å². The molecule has 2 atom stereocenters. The van der Waals surface area contributed by atoms with Gasteiger partial charge in [-0.2, -0.15) is 0 Å². The number of cyclic esters (lactones) is 1. The number of anilines is 1. The van der Waals surface area contributed by atoms with Crippen molar-refractivity contribution < 1.29 is 28.5 Å². The number of halogens is 2. The molecular formula is C19H21ClFN3O5S. The minimum absolute atomic E-state index is 0.0514. The standard InChI is InChI=1S/C19H21ClFN3O5S/c1-2-28-8-7-24(27)15-4-3-12(9-14(15)21)23-11-13(29-19(23)26)10-22-18(25)16-5-6-17(20)30-16/h3-6,9,13,24H,2,7-8,10-11H2,1H3,(H,22,25)/t13-/m0/s1. The van der Waals surface area contributed by atoms with Crippen LogP contribution in [0.15, 0.2) is 30.3 Å². The maximum atomic E-state index is 14.4. The van der Waals surface area contributed by atoms with Gasteiger partial charge in [-0.05, 0) is 25.1 Å². The second-order valence-corrected chi connectivity index (χ2v) is 8.18. The molecule has 2 heterocycles. The number of rotatable bonds is 9. The molecule has 30 heavy (non-hydrogen) atoms. The van der Waals surface area contributed by atoms with E-state index in [2.05, 4.69) is 5.32 Å². The van der Waals surface area contributed by atoms with Gasteiger partial charge in [-0.15, -0.1) is 11.3 Å². The van der Waals surface area contributed by atoms with Crippen molar-refractivity contribution in [3.8, 4) is 0 Å². The number of carbonyl (C=O) groups excluding carboxylic acids is 2. The number of thiophene rings is 1. The number of benzene rings is 1. The van der Waals surface area contributed by atoms with E-state index in [-0.39, 0.29) is 48.6 Å². The molecule has 11 heteroatoms. The molecule has 1 aliphatic heterocycles. The molecule has 0 radical (unpaired) electrons. The lowest BCUT2D eigenvalue weighted by Gasteiger charge is -2.23. The zero-order valence-electron chi connectivity index (χ0n) is 16.2. The number of hydroxylamine groups is 1. The van der Waals surface area contributed by atoms with Crippen LogP contribution in [0.2, 0.25) is 4.34 Å². The largest absolute Gasteiger partial charge is 0.629 e. The molecule has 1 aliphatic rings. The highest BCUT2D eigenvalue weighted by Gasteiger charge is 2.33. The van der Waals surface area contributed by atoms with Crippen LogP contribution >= 0.6 is 22.9 Å². The Bertz CT molecular complexity index is 912. The first-order valence-electron chi connectivity index (χ1n) is 9.31. The lowest BCUT2D eigenvalue weighted by Crippen LogP contribution is -3.03. The summed E-state index contributed by atoms with van der Waals surface area (Å²) in [6.45, 7) is 2.83. The number of carbonyl (C=O) groups is 2. The molecule has 1 aromatic heterocycles. The molecule has 0 spiro atoms. The fraction of sp³-hybridized carbons (Fsp3) is 0.368. The zero-order valence-corrected chi connectivity index (χ0v) is 17.7. The van der Waals surface area contributed by atoms with Gasteiger partial charge in [0.2, 0.25) is 0 Å². The highest BCUT2D eigenvalue weighted by molar-refractivity contribution is 7.17. The topological polar surface area (TPSA) is 95.4 Å². The number of quaternary nitrogens is 1. The van der Waals surface area contributed by atoms with Crippen molar-refractivity contribution in [1.29, 1.82) is 0 Å². The Morgan fingerprint density at radius 2 is 2.27 bits per heavy atom. The zero-order chi connectivity index (χ0) is 21.7. The number of ether oxygens (including phenoxy) is 2. The van der Waals surface area contributed by atoms with Gasteiger partial charge in [0.25, 0.3) is 5.91 Å². The Kier molecular flexibility index (Phi) is 7.62. The Hall–Kier alpha value is -2.24. The summed E-state index contributed by atoms with van der Waals surface area (Å²) >= 11 is 6.96. The van der Waals surface area contributed by atoms with E-state index in [4.69, 9.17) is 21.1 Å². The molecule has 1 saturated heterocycles. The smallest absolute Gasteiger partial charge is 0.414 e. The summed E-state index contributed by atoms with van der Waals surface area (Å²) in [5.74, 6) is -1.03. The fourth-order valence-electron chi connectivity index (χ4n) is 2.91. The summed E-state index contributed by atoms with van der Waals surface area (Å²) in [4.78, 5) is 26.0. The second-order valence-electron chi connectivity index (χ2n) is 6.46. The van der Waals surface area contributed by atoms with Crippen LogP contribution in [0.4, 0.5) is 20.6 Å². The van der Waals surface area contributed by atoms with E-state index in [1.807, 2.05) is 6.92 Å². The van der Waals surface area contributed by atoms with Crippen LogP contribution in [-0.2, 0) is 9.47 Å². The molecule has 0 saturated carbocycles. The van der Waals surface area contributed by atoms with Gasteiger partial charge in [0.05, 0.1) is 34.6 Å². The lowest BCUT2D eigenvalue weighted by atomic mass is 10.2. The molecule has 1 aromatic carbocycles. The SMILES string of the molecule is CCOCC[NH+]([O-])c1ccc(N2C[C@H](CNC(=O)c3ccc(Cl)s3)OC2=O)cc1F. The van der Waals surface area contributed by atoms with Crippen LogP contribution in [0.3, 0.4) is 0 Å². The Balaban J connectivity index is 1.58. The molecule has 2 amide bonds. The fourth-order valence-corrected chi connectivity index (χ4v) is 3.87. The van der Waals surface area contributed by atoms with E-state index in [0.717, 1.165) is 17.4 Å². The molecule has 1 unspecified atom stereocenters. The maximum absolute atomic E-state index is 14.4. The van der Waals surface area contributed by atoms with Crippen molar-refractivity contribution in [3.05, 3.63) is 50.6 Å². The van der Waals surface area contributed by atoms with E-state index in [9.17, 15) is 19.2 Å². The van der Waals surface area contributed by atoms with Crippen molar-refractivity contribution in [2.75, 3.05) is 37.7 Å². The summed E-state index contributed by atoms with van der Waals surface area (Å²) in [5, 5.41) is 14.4. The average Bonchev–Trinajstić information content (AvgIpc) is 3.31. The third-order valence-corrected chi connectivity index (χ3v) is 5.63. The summed E-state index contributed by atoms with van der Waals surface area (Å²) in [6.07, 6.45) is -1.24. The maximum Gasteiger partial charge on any atom is 0.414 e. The normalized spacial score (nSPS) is 17.1. The third-order valence-electron chi connectivity index (χ3n) is 4.40. The summed E-state index contributed by atoms with van der Waals surface area (Å²) < 4.78 is 25.3. The Morgan fingerprint density at radius 1 is 1.47 bits per heavy atom.